The van der Waals surface area contributed by atoms with Crippen LogP contribution in [0.1, 0.15) is 30.6 Å². The molecule has 2 atom stereocenters. The van der Waals surface area contributed by atoms with Gasteiger partial charge in [-0.1, -0.05) is 0 Å². The number of carbonyl (C=O) groups is 2. The highest BCUT2D eigenvalue weighted by Gasteiger charge is 2.44. The van der Waals surface area contributed by atoms with Crippen LogP contribution in [0.5, 0.6) is 0 Å². The first kappa shape index (κ1) is 15.9. The second kappa shape index (κ2) is 5.92. The van der Waals surface area contributed by atoms with Crippen LogP contribution in [0.4, 0.5) is 10.1 Å². The Bertz CT molecular complexity index is 647. The SMILES string of the molecule is CC(C)N1CC[C@H]2C(=O)N(c3ccc(C(=O)O)cc3F)C[C@H]2C1. The van der Waals surface area contributed by atoms with Gasteiger partial charge in [-0.3, -0.25) is 4.79 Å². The molecule has 0 aromatic heterocycles. The van der Waals surface area contributed by atoms with Crippen LogP contribution in [0.2, 0.25) is 0 Å². The summed E-state index contributed by atoms with van der Waals surface area (Å²) >= 11 is 0. The molecule has 124 valence electrons. The van der Waals surface area contributed by atoms with Crippen LogP contribution in [0, 0.1) is 17.7 Å². The van der Waals surface area contributed by atoms with Gasteiger partial charge in [-0.2, -0.15) is 0 Å². The number of likely N-dealkylation sites (tertiary alicyclic amines) is 1. The van der Waals surface area contributed by atoms with E-state index in [0.29, 0.717) is 12.6 Å². The van der Waals surface area contributed by atoms with E-state index < -0.39 is 11.8 Å². The fourth-order valence-electron chi connectivity index (χ4n) is 3.64. The van der Waals surface area contributed by atoms with Crippen molar-refractivity contribution < 1.29 is 19.1 Å². The van der Waals surface area contributed by atoms with Crippen molar-refractivity contribution in [3.05, 3.63) is 29.6 Å². The molecule has 1 aromatic carbocycles. The lowest BCUT2D eigenvalue weighted by Gasteiger charge is -2.35. The summed E-state index contributed by atoms with van der Waals surface area (Å²) in [5.41, 5.74) is 0.0757. The Kier molecular flexibility index (Phi) is 4.10. The number of carboxylic acids is 1. The summed E-state index contributed by atoms with van der Waals surface area (Å²) in [6, 6.07) is 4.16. The molecule has 23 heavy (non-hydrogen) atoms. The maximum absolute atomic E-state index is 14.3. The smallest absolute Gasteiger partial charge is 0.335 e. The zero-order chi connectivity index (χ0) is 16.7. The van der Waals surface area contributed by atoms with Crippen molar-refractivity contribution in [2.75, 3.05) is 24.5 Å². The van der Waals surface area contributed by atoms with E-state index >= 15 is 0 Å². The maximum atomic E-state index is 14.3. The van der Waals surface area contributed by atoms with Crippen LogP contribution in [0.25, 0.3) is 0 Å². The van der Waals surface area contributed by atoms with Gasteiger partial charge >= 0.3 is 5.97 Å². The van der Waals surface area contributed by atoms with Crippen molar-refractivity contribution >= 4 is 17.6 Å². The number of anilines is 1. The molecule has 1 amide bonds. The predicted octanol–water partition coefficient (Wildman–Crippen LogP) is 2.22. The fourth-order valence-corrected chi connectivity index (χ4v) is 3.64. The lowest BCUT2D eigenvalue weighted by Crippen LogP contribution is -2.44. The van der Waals surface area contributed by atoms with Crippen LogP contribution in [-0.2, 0) is 4.79 Å². The largest absolute Gasteiger partial charge is 0.478 e. The summed E-state index contributed by atoms with van der Waals surface area (Å²) in [5.74, 6) is -1.72. The Balaban J connectivity index is 1.83. The van der Waals surface area contributed by atoms with Crippen LogP contribution in [0.3, 0.4) is 0 Å². The molecule has 1 aromatic rings. The Morgan fingerprint density at radius 3 is 2.70 bits per heavy atom. The number of fused-ring (bicyclic) bond motifs is 1. The average molecular weight is 320 g/mol. The number of rotatable bonds is 3. The monoisotopic (exact) mass is 320 g/mol. The minimum atomic E-state index is -1.18. The molecule has 0 saturated carbocycles. The standard InChI is InChI=1S/C17H21FN2O3/c1-10(2)19-6-5-13-12(8-19)9-20(16(13)21)15-4-3-11(17(22)23)7-14(15)18/h3-4,7,10,12-13H,5-6,8-9H2,1-2H3,(H,22,23)/t12-,13-/m1/s1. The van der Waals surface area contributed by atoms with Gasteiger partial charge in [0.1, 0.15) is 5.82 Å². The second-order valence-corrected chi connectivity index (χ2v) is 6.66. The van der Waals surface area contributed by atoms with E-state index in [1.54, 1.807) is 0 Å². The molecule has 2 saturated heterocycles. The van der Waals surface area contributed by atoms with Crippen LogP contribution >= 0.6 is 0 Å². The van der Waals surface area contributed by atoms with Gasteiger partial charge in [0.2, 0.25) is 5.91 Å². The number of nitrogens with zero attached hydrogens (tertiary/aromatic N) is 2. The van der Waals surface area contributed by atoms with Gasteiger partial charge in [-0.25, -0.2) is 9.18 Å². The first-order valence-electron chi connectivity index (χ1n) is 7.96. The highest BCUT2D eigenvalue weighted by molar-refractivity contribution is 5.98. The molecule has 0 unspecified atom stereocenters. The van der Waals surface area contributed by atoms with E-state index in [0.717, 1.165) is 25.6 Å². The molecular weight excluding hydrogens is 299 g/mol. The predicted molar refractivity (Wildman–Crippen MR) is 84.0 cm³/mol. The number of carboxylic acid groups (broad SMARTS) is 1. The average Bonchev–Trinajstić information content (AvgIpc) is 2.83. The highest BCUT2D eigenvalue weighted by atomic mass is 19.1. The Morgan fingerprint density at radius 1 is 1.35 bits per heavy atom. The molecule has 2 fully saturated rings. The molecule has 5 nitrogen and oxygen atoms in total. The van der Waals surface area contributed by atoms with Crippen LogP contribution < -0.4 is 4.90 Å². The molecule has 0 bridgehead atoms. The van der Waals surface area contributed by atoms with Gasteiger partial charge in [-0.15, -0.1) is 0 Å². The summed E-state index contributed by atoms with van der Waals surface area (Å²) in [6.45, 7) is 6.51. The number of benzene rings is 1. The van der Waals surface area contributed by atoms with Crippen molar-refractivity contribution in [2.24, 2.45) is 11.8 Å². The molecule has 3 rings (SSSR count). The zero-order valence-corrected chi connectivity index (χ0v) is 13.3. The number of halogens is 1. The number of carbonyl (C=O) groups excluding carboxylic acids is 1. The third kappa shape index (κ3) is 2.83. The third-order valence-corrected chi connectivity index (χ3v) is 4.98. The second-order valence-electron chi connectivity index (χ2n) is 6.66. The Morgan fingerprint density at radius 2 is 2.09 bits per heavy atom. The quantitative estimate of drug-likeness (QED) is 0.928. The summed E-state index contributed by atoms with van der Waals surface area (Å²) in [6.07, 6.45) is 0.799. The summed E-state index contributed by atoms with van der Waals surface area (Å²) in [7, 11) is 0. The van der Waals surface area contributed by atoms with Crippen LogP contribution in [0.15, 0.2) is 18.2 Å². The highest BCUT2D eigenvalue weighted by Crippen LogP contribution is 2.36. The van der Waals surface area contributed by atoms with E-state index in [2.05, 4.69) is 18.7 Å². The maximum Gasteiger partial charge on any atom is 0.335 e. The Hall–Kier alpha value is -1.95. The van der Waals surface area contributed by atoms with E-state index in [4.69, 9.17) is 5.11 Å². The number of amides is 1. The normalized spacial score (nSPS) is 25.0. The van der Waals surface area contributed by atoms with Gasteiger partial charge in [0.25, 0.3) is 0 Å². The minimum Gasteiger partial charge on any atom is -0.478 e. The van der Waals surface area contributed by atoms with Gasteiger partial charge < -0.3 is 14.9 Å². The van der Waals surface area contributed by atoms with Gasteiger partial charge in [-0.05, 0) is 45.0 Å². The number of aromatic carboxylic acids is 1. The van der Waals surface area contributed by atoms with Gasteiger partial charge in [0.05, 0.1) is 11.3 Å². The first-order chi connectivity index (χ1) is 10.9. The van der Waals surface area contributed by atoms with Crippen molar-refractivity contribution in [1.29, 1.82) is 0 Å². The van der Waals surface area contributed by atoms with Crippen molar-refractivity contribution in [1.82, 2.24) is 4.90 Å². The zero-order valence-electron chi connectivity index (χ0n) is 13.3. The van der Waals surface area contributed by atoms with Crippen LogP contribution in [-0.4, -0.2) is 47.6 Å². The van der Waals surface area contributed by atoms with Gasteiger partial charge in [0, 0.05) is 31.0 Å². The first-order valence-corrected chi connectivity index (χ1v) is 7.96. The molecule has 2 aliphatic heterocycles. The third-order valence-electron chi connectivity index (χ3n) is 4.98. The van der Waals surface area contributed by atoms with Gasteiger partial charge in [0.15, 0.2) is 0 Å². The van der Waals surface area contributed by atoms with Crippen molar-refractivity contribution in [2.45, 2.75) is 26.3 Å². The molecule has 0 aliphatic carbocycles. The lowest BCUT2D eigenvalue weighted by molar-refractivity contribution is -0.122. The van der Waals surface area contributed by atoms with E-state index in [1.807, 2.05) is 0 Å². The van der Waals surface area contributed by atoms with E-state index in [9.17, 15) is 14.0 Å². The molecule has 2 heterocycles. The topological polar surface area (TPSA) is 60.9 Å². The molecule has 1 N–H and O–H groups in total. The lowest BCUT2D eigenvalue weighted by atomic mass is 9.88. The number of hydrogen-bond acceptors (Lipinski definition) is 3. The van der Waals surface area contributed by atoms with E-state index in [1.165, 1.54) is 17.0 Å². The van der Waals surface area contributed by atoms with Crippen molar-refractivity contribution in [3.63, 3.8) is 0 Å². The molecule has 0 spiro atoms. The molecule has 2 aliphatic rings. The Labute approximate surface area is 134 Å². The summed E-state index contributed by atoms with van der Waals surface area (Å²) in [4.78, 5) is 27.3. The van der Waals surface area contributed by atoms with E-state index in [-0.39, 0.29) is 29.0 Å². The molecule has 0 radical (unpaired) electrons. The summed E-state index contributed by atoms with van der Waals surface area (Å²) < 4.78 is 14.3. The minimum absolute atomic E-state index is 0.0413. The summed E-state index contributed by atoms with van der Waals surface area (Å²) in [5, 5.41) is 8.91. The fraction of sp³-hybridized carbons (Fsp3) is 0.529. The molecular formula is C17H21FN2O3. The molecule has 6 heteroatoms. The number of piperidine rings is 1. The van der Waals surface area contributed by atoms with Crippen molar-refractivity contribution in [3.8, 4) is 0 Å². The number of hydrogen-bond donors (Lipinski definition) is 1.